The van der Waals surface area contributed by atoms with E-state index in [9.17, 15) is 9.59 Å². The van der Waals surface area contributed by atoms with Crippen LogP contribution in [0.3, 0.4) is 0 Å². The number of hydrogen-bond acceptors (Lipinski definition) is 3. The highest BCUT2D eigenvalue weighted by Gasteiger charge is 2.47. The van der Waals surface area contributed by atoms with Crippen molar-refractivity contribution in [3.8, 4) is 5.75 Å². The van der Waals surface area contributed by atoms with E-state index in [1.807, 2.05) is 39.0 Å². The molecule has 24 heavy (non-hydrogen) atoms. The lowest BCUT2D eigenvalue weighted by molar-refractivity contribution is -0.141. The van der Waals surface area contributed by atoms with Crippen LogP contribution in [0, 0.1) is 0 Å². The number of likely N-dealkylation sites (tertiary alicyclic amines) is 1. The maximum atomic E-state index is 12.8. The number of methoxy groups -OCH3 is 1. The number of halogens is 1. The zero-order chi connectivity index (χ0) is 17.9. The van der Waals surface area contributed by atoms with Crippen LogP contribution in [0.5, 0.6) is 5.75 Å². The summed E-state index contributed by atoms with van der Waals surface area (Å²) in [5.74, 6) is 0.623. The Morgan fingerprint density at radius 3 is 2.83 bits per heavy atom. The predicted molar refractivity (Wildman–Crippen MR) is 96.8 cm³/mol. The first kappa shape index (κ1) is 18.8. The lowest BCUT2D eigenvalue weighted by Crippen LogP contribution is -2.55. The topological polar surface area (TPSA) is 58.6 Å². The van der Waals surface area contributed by atoms with Crippen LogP contribution in [0.15, 0.2) is 22.7 Å². The Morgan fingerprint density at radius 1 is 1.50 bits per heavy atom. The fourth-order valence-electron chi connectivity index (χ4n) is 2.92. The van der Waals surface area contributed by atoms with Crippen molar-refractivity contribution in [3.63, 3.8) is 0 Å². The molecule has 2 unspecified atom stereocenters. The summed E-state index contributed by atoms with van der Waals surface area (Å²) in [6, 6.07) is 5.77. The van der Waals surface area contributed by atoms with Crippen LogP contribution in [0.25, 0.3) is 0 Å². The van der Waals surface area contributed by atoms with Crippen LogP contribution >= 0.6 is 15.9 Å². The third-order valence-electron chi connectivity index (χ3n) is 4.77. The standard InChI is InChI=1S/C18H25BrN2O3/c1-5-12(2)20-17(23)18(3)9-8-16(22)21(18)11-13-10-14(19)6-7-15(13)24-4/h6-7,10,12H,5,8-9,11H2,1-4H3,(H,20,23). The van der Waals surface area contributed by atoms with E-state index in [1.165, 1.54) is 0 Å². The molecule has 2 atom stereocenters. The molecule has 1 aromatic carbocycles. The van der Waals surface area contributed by atoms with Gasteiger partial charge in [-0.3, -0.25) is 9.59 Å². The largest absolute Gasteiger partial charge is 0.496 e. The predicted octanol–water partition coefficient (Wildman–Crippen LogP) is 3.25. The zero-order valence-electron chi connectivity index (χ0n) is 14.7. The molecule has 2 amide bonds. The van der Waals surface area contributed by atoms with E-state index in [-0.39, 0.29) is 17.9 Å². The van der Waals surface area contributed by atoms with Gasteiger partial charge in [-0.05, 0) is 44.9 Å². The molecule has 0 aliphatic carbocycles. The number of nitrogens with zero attached hydrogens (tertiary/aromatic N) is 1. The molecular weight excluding hydrogens is 372 g/mol. The molecule has 5 nitrogen and oxygen atoms in total. The van der Waals surface area contributed by atoms with Crippen molar-refractivity contribution >= 4 is 27.7 Å². The molecule has 1 N–H and O–H groups in total. The summed E-state index contributed by atoms with van der Waals surface area (Å²) in [5.41, 5.74) is 0.0538. The highest BCUT2D eigenvalue weighted by Crippen LogP contribution is 2.34. The Kier molecular flexibility index (Phi) is 5.91. The summed E-state index contributed by atoms with van der Waals surface area (Å²) < 4.78 is 6.31. The van der Waals surface area contributed by atoms with Gasteiger partial charge in [-0.25, -0.2) is 0 Å². The van der Waals surface area contributed by atoms with Crippen LogP contribution < -0.4 is 10.1 Å². The third-order valence-corrected chi connectivity index (χ3v) is 5.27. The average molecular weight is 397 g/mol. The molecule has 2 rings (SSSR count). The Labute approximate surface area is 151 Å². The summed E-state index contributed by atoms with van der Waals surface area (Å²) in [4.78, 5) is 26.9. The minimum Gasteiger partial charge on any atom is -0.496 e. The molecular formula is C18H25BrN2O3. The van der Waals surface area contributed by atoms with E-state index < -0.39 is 5.54 Å². The van der Waals surface area contributed by atoms with E-state index in [0.717, 1.165) is 16.5 Å². The highest BCUT2D eigenvalue weighted by molar-refractivity contribution is 9.10. The van der Waals surface area contributed by atoms with Gasteiger partial charge in [-0.2, -0.15) is 0 Å². The quantitative estimate of drug-likeness (QED) is 0.802. The average Bonchev–Trinajstić information content (AvgIpc) is 2.84. The van der Waals surface area contributed by atoms with E-state index >= 15 is 0 Å². The summed E-state index contributed by atoms with van der Waals surface area (Å²) in [7, 11) is 1.60. The van der Waals surface area contributed by atoms with Crippen molar-refractivity contribution < 1.29 is 14.3 Å². The number of hydrogen-bond donors (Lipinski definition) is 1. The number of amides is 2. The molecule has 1 saturated heterocycles. The second-order valence-corrected chi connectivity index (χ2v) is 7.41. The molecule has 132 valence electrons. The Bertz CT molecular complexity index is 635. The number of carbonyl (C=O) groups is 2. The fraction of sp³-hybridized carbons (Fsp3) is 0.556. The number of rotatable bonds is 6. The summed E-state index contributed by atoms with van der Waals surface area (Å²) >= 11 is 3.45. The Balaban J connectivity index is 2.28. The molecule has 0 radical (unpaired) electrons. The van der Waals surface area contributed by atoms with Gasteiger partial charge in [0.25, 0.3) is 0 Å². The molecule has 0 bridgehead atoms. The van der Waals surface area contributed by atoms with Crippen LogP contribution in [-0.4, -0.2) is 35.4 Å². The van der Waals surface area contributed by atoms with Crippen molar-refractivity contribution in [2.24, 2.45) is 0 Å². The van der Waals surface area contributed by atoms with E-state index in [0.29, 0.717) is 25.1 Å². The Hall–Kier alpha value is -1.56. The molecule has 1 fully saturated rings. The summed E-state index contributed by atoms with van der Waals surface area (Å²) in [5, 5.41) is 3.01. The SMILES string of the molecule is CCC(C)NC(=O)C1(C)CCC(=O)N1Cc1cc(Br)ccc1OC. The summed E-state index contributed by atoms with van der Waals surface area (Å²) in [6.45, 7) is 6.20. The van der Waals surface area contributed by atoms with Gasteiger partial charge in [-0.1, -0.05) is 22.9 Å². The molecule has 1 aliphatic rings. The van der Waals surface area contributed by atoms with Gasteiger partial charge < -0.3 is 15.0 Å². The van der Waals surface area contributed by atoms with E-state index in [4.69, 9.17) is 4.74 Å². The smallest absolute Gasteiger partial charge is 0.245 e. The summed E-state index contributed by atoms with van der Waals surface area (Å²) in [6.07, 6.45) is 1.78. The van der Waals surface area contributed by atoms with Crippen LogP contribution in [0.1, 0.15) is 45.6 Å². The van der Waals surface area contributed by atoms with Crippen molar-refractivity contribution in [1.29, 1.82) is 0 Å². The van der Waals surface area contributed by atoms with Gasteiger partial charge in [0.15, 0.2) is 0 Å². The van der Waals surface area contributed by atoms with Crippen LogP contribution in [0.2, 0.25) is 0 Å². The van der Waals surface area contributed by atoms with Gasteiger partial charge >= 0.3 is 0 Å². The maximum absolute atomic E-state index is 12.8. The monoisotopic (exact) mass is 396 g/mol. The molecule has 0 saturated carbocycles. The van der Waals surface area contributed by atoms with Crippen molar-refractivity contribution in [2.75, 3.05) is 7.11 Å². The molecule has 0 spiro atoms. The number of nitrogens with one attached hydrogen (secondary N) is 1. The Morgan fingerprint density at radius 2 is 2.21 bits per heavy atom. The van der Waals surface area contributed by atoms with Crippen LogP contribution in [-0.2, 0) is 16.1 Å². The second-order valence-electron chi connectivity index (χ2n) is 6.49. The molecule has 1 aromatic rings. The lowest BCUT2D eigenvalue weighted by Gasteiger charge is -2.35. The van der Waals surface area contributed by atoms with Gasteiger partial charge in [0, 0.05) is 22.5 Å². The lowest BCUT2D eigenvalue weighted by atomic mass is 9.96. The van der Waals surface area contributed by atoms with Gasteiger partial charge in [0.1, 0.15) is 11.3 Å². The number of carbonyl (C=O) groups excluding carboxylic acids is 2. The van der Waals surface area contributed by atoms with Gasteiger partial charge in [-0.15, -0.1) is 0 Å². The second kappa shape index (κ2) is 7.55. The van der Waals surface area contributed by atoms with Gasteiger partial charge in [0.2, 0.25) is 11.8 Å². The van der Waals surface area contributed by atoms with Crippen molar-refractivity contribution in [1.82, 2.24) is 10.2 Å². The molecule has 0 aromatic heterocycles. The molecule has 1 aliphatic heterocycles. The molecule has 1 heterocycles. The zero-order valence-corrected chi connectivity index (χ0v) is 16.3. The minimum absolute atomic E-state index is 0.00108. The highest BCUT2D eigenvalue weighted by atomic mass is 79.9. The van der Waals surface area contributed by atoms with Gasteiger partial charge in [0.05, 0.1) is 13.7 Å². The number of benzene rings is 1. The minimum atomic E-state index is -0.826. The fourth-order valence-corrected chi connectivity index (χ4v) is 3.33. The normalized spacial score (nSPS) is 21.7. The first-order valence-corrected chi connectivity index (χ1v) is 9.05. The van der Waals surface area contributed by atoms with Crippen molar-refractivity contribution in [2.45, 2.75) is 58.2 Å². The van der Waals surface area contributed by atoms with E-state index in [2.05, 4.69) is 21.2 Å². The number of ether oxygens (including phenoxy) is 1. The maximum Gasteiger partial charge on any atom is 0.245 e. The van der Waals surface area contributed by atoms with Crippen molar-refractivity contribution in [3.05, 3.63) is 28.2 Å². The first-order chi connectivity index (χ1) is 11.3. The first-order valence-electron chi connectivity index (χ1n) is 8.25. The molecule has 6 heteroatoms. The van der Waals surface area contributed by atoms with Crippen LogP contribution in [0.4, 0.5) is 0 Å². The van der Waals surface area contributed by atoms with E-state index in [1.54, 1.807) is 12.0 Å². The third kappa shape index (κ3) is 3.74.